The van der Waals surface area contributed by atoms with Crippen molar-refractivity contribution in [2.75, 3.05) is 4.90 Å². The van der Waals surface area contributed by atoms with Crippen LogP contribution in [0.4, 0.5) is 17.1 Å². The van der Waals surface area contributed by atoms with Gasteiger partial charge < -0.3 is 4.90 Å². The molecule has 0 aliphatic heterocycles. The van der Waals surface area contributed by atoms with Crippen molar-refractivity contribution in [3.05, 3.63) is 194 Å². The van der Waals surface area contributed by atoms with E-state index in [1.165, 1.54) is 64.6 Å². The summed E-state index contributed by atoms with van der Waals surface area (Å²) in [6.07, 6.45) is 0. The predicted molar refractivity (Wildman–Crippen MR) is 238 cm³/mol. The third-order valence-electron chi connectivity index (χ3n) is 11.6. The van der Waals surface area contributed by atoms with Crippen LogP contribution in [0.2, 0.25) is 0 Å². The predicted octanol–water partition coefficient (Wildman–Crippen LogP) is 14.1. The van der Waals surface area contributed by atoms with Gasteiger partial charge in [0.05, 0.1) is 11.4 Å². The van der Waals surface area contributed by atoms with E-state index < -0.39 is 0 Å². The second kappa shape index (κ2) is 12.4. The lowest BCUT2D eigenvalue weighted by molar-refractivity contribution is 1.07. The Labute approximate surface area is 328 Å². The molecule has 0 saturated carbocycles. The standard InChI is InChI=1S/C53H32N4/c1-3-9-39(10-4-1)51-54-52(40-11-5-2-6-12-40)56-53(55-51)41-21-27-42(28-22-41)57(45-31-25-37-19-17-33-13-7-15-35-23-29-43(45)49(37)47(33)35)46-32-26-38-20-18-34-14-8-16-36-24-30-44(46)50(38)48(34)36/h1-32H. The molecule has 0 atom stereocenters. The van der Waals surface area contributed by atoms with E-state index in [4.69, 9.17) is 15.0 Å². The highest BCUT2D eigenvalue weighted by atomic mass is 15.1. The Morgan fingerprint density at radius 3 is 1.04 bits per heavy atom. The lowest BCUT2D eigenvalue weighted by atomic mass is 9.91. The topological polar surface area (TPSA) is 41.9 Å². The van der Waals surface area contributed by atoms with Gasteiger partial charge in [-0.05, 0) is 90.3 Å². The van der Waals surface area contributed by atoms with Gasteiger partial charge in [0.2, 0.25) is 0 Å². The maximum Gasteiger partial charge on any atom is 0.164 e. The zero-order chi connectivity index (χ0) is 37.5. The van der Waals surface area contributed by atoms with Gasteiger partial charge in [0, 0.05) is 33.2 Å². The van der Waals surface area contributed by atoms with Gasteiger partial charge in [0.25, 0.3) is 0 Å². The van der Waals surface area contributed by atoms with Crippen molar-refractivity contribution in [2.24, 2.45) is 0 Å². The Kier molecular flexibility index (Phi) is 6.89. The number of hydrogen-bond donors (Lipinski definition) is 0. The molecule has 0 radical (unpaired) electrons. The molecule has 1 aromatic heterocycles. The van der Waals surface area contributed by atoms with E-state index in [9.17, 15) is 0 Å². The normalized spacial score (nSPS) is 11.9. The summed E-state index contributed by atoms with van der Waals surface area (Å²) in [7, 11) is 0. The van der Waals surface area contributed by atoms with Crippen LogP contribution in [-0.4, -0.2) is 15.0 Å². The summed E-state index contributed by atoms with van der Waals surface area (Å²) in [4.78, 5) is 17.4. The van der Waals surface area contributed by atoms with Crippen molar-refractivity contribution < 1.29 is 0 Å². The van der Waals surface area contributed by atoms with Crippen LogP contribution >= 0.6 is 0 Å². The molecule has 0 aliphatic rings. The monoisotopic (exact) mass is 724 g/mol. The molecule has 57 heavy (non-hydrogen) atoms. The molecule has 0 saturated heterocycles. The summed E-state index contributed by atoms with van der Waals surface area (Å²) in [6.45, 7) is 0. The van der Waals surface area contributed by atoms with Gasteiger partial charge in [0.1, 0.15) is 0 Å². The molecule has 0 amide bonds. The quantitative estimate of drug-likeness (QED) is 0.160. The van der Waals surface area contributed by atoms with E-state index in [1.807, 2.05) is 60.7 Å². The summed E-state index contributed by atoms with van der Waals surface area (Å²) in [5, 5.41) is 15.1. The number of hydrogen-bond acceptors (Lipinski definition) is 4. The summed E-state index contributed by atoms with van der Waals surface area (Å²) in [6, 6.07) is 69.4. The van der Waals surface area contributed by atoms with Crippen LogP contribution in [0, 0.1) is 0 Å². The Hall–Kier alpha value is -7.69. The van der Waals surface area contributed by atoms with E-state index in [1.54, 1.807) is 0 Å². The maximum atomic E-state index is 5.03. The van der Waals surface area contributed by atoms with E-state index in [-0.39, 0.29) is 0 Å². The lowest BCUT2D eigenvalue weighted by Gasteiger charge is -2.29. The zero-order valence-corrected chi connectivity index (χ0v) is 30.8. The van der Waals surface area contributed by atoms with Gasteiger partial charge in [-0.2, -0.15) is 0 Å². The largest absolute Gasteiger partial charge is 0.309 e. The molecule has 0 aliphatic carbocycles. The molecule has 0 bridgehead atoms. The van der Waals surface area contributed by atoms with Gasteiger partial charge in [-0.25, -0.2) is 15.0 Å². The fraction of sp³-hybridized carbons (Fsp3) is 0. The van der Waals surface area contributed by atoms with Gasteiger partial charge in [-0.15, -0.1) is 0 Å². The molecule has 0 fully saturated rings. The average Bonchev–Trinajstić information content (AvgIpc) is 3.29. The number of rotatable bonds is 6. The second-order valence-corrected chi connectivity index (χ2v) is 14.8. The highest BCUT2D eigenvalue weighted by Gasteiger charge is 2.22. The molecular weight excluding hydrogens is 693 g/mol. The lowest BCUT2D eigenvalue weighted by Crippen LogP contribution is -2.11. The van der Waals surface area contributed by atoms with Gasteiger partial charge in [-0.3, -0.25) is 0 Å². The van der Waals surface area contributed by atoms with Gasteiger partial charge in [-0.1, -0.05) is 158 Å². The molecular formula is C53H32N4. The van der Waals surface area contributed by atoms with Crippen molar-refractivity contribution >= 4 is 81.7 Å². The molecule has 11 aromatic carbocycles. The maximum absolute atomic E-state index is 5.03. The van der Waals surface area contributed by atoms with Gasteiger partial charge in [0.15, 0.2) is 17.5 Å². The van der Waals surface area contributed by atoms with E-state index in [0.29, 0.717) is 17.5 Å². The van der Waals surface area contributed by atoms with Crippen LogP contribution in [0.15, 0.2) is 194 Å². The summed E-state index contributed by atoms with van der Waals surface area (Å²) < 4.78 is 0. The van der Waals surface area contributed by atoms with Crippen molar-refractivity contribution in [3.63, 3.8) is 0 Å². The zero-order valence-electron chi connectivity index (χ0n) is 30.8. The Morgan fingerprint density at radius 2 is 0.614 bits per heavy atom. The smallest absolute Gasteiger partial charge is 0.164 e. The van der Waals surface area contributed by atoms with Crippen LogP contribution in [0.25, 0.3) is 98.8 Å². The van der Waals surface area contributed by atoms with Crippen LogP contribution in [0.1, 0.15) is 0 Å². The minimum absolute atomic E-state index is 0.631. The van der Waals surface area contributed by atoms with Crippen LogP contribution in [-0.2, 0) is 0 Å². The second-order valence-electron chi connectivity index (χ2n) is 14.8. The van der Waals surface area contributed by atoms with Crippen LogP contribution in [0.3, 0.4) is 0 Å². The first-order valence-corrected chi connectivity index (χ1v) is 19.4. The highest BCUT2D eigenvalue weighted by Crippen LogP contribution is 2.48. The SMILES string of the molecule is c1ccc(-c2nc(-c3ccccc3)nc(-c3ccc(N(c4ccc5ccc6cccc7ccc4c5c67)c4ccc5ccc6cccc7ccc4c5c67)cc3)n2)cc1. The van der Waals surface area contributed by atoms with Crippen LogP contribution in [0.5, 0.6) is 0 Å². The Balaban J connectivity index is 1.09. The summed E-state index contributed by atoms with van der Waals surface area (Å²) in [5.41, 5.74) is 6.11. The van der Waals surface area contributed by atoms with E-state index in [0.717, 1.165) is 33.8 Å². The molecule has 0 unspecified atom stereocenters. The fourth-order valence-electron chi connectivity index (χ4n) is 8.93. The first-order valence-electron chi connectivity index (χ1n) is 19.4. The van der Waals surface area contributed by atoms with Crippen molar-refractivity contribution in [1.29, 1.82) is 0 Å². The molecule has 4 nitrogen and oxygen atoms in total. The minimum atomic E-state index is 0.631. The Bertz CT molecular complexity index is 3210. The first kappa shape index (κ1) is 31.6. The molecule has 12 rings (SSSR count). The molecule has 264 valence electrons. The fourth-order valence-corrected chi connectivity index (χ4v) is 8.93. The molecule has 0 N–H and O–H groups in total. The third-order valence-corrected chi connectivity index (χ3v) is 11.6. The highest BCUT2D eigenvalue weighted by molar-refractivity contribution is 6.28. The number of benzene rings is 11. The van der Waals surface area contributed by atoms with Crippen LogP contribution < -0.4 is 4.90 Å². The molecule has 12 aromatic rings. The summed E-state index contributed by atoms with van der Waals surface area (Å²) in [5.74, 6) is 1.92. The van der Waals surface area contributed by atoms with Crippen molar-refractivity contribution in [3.8, 4) is 34.2 Å². The van der Waals surface area contributed by atoms with Crippen molar-refractivity contribution in [1.82, 2.24) is 15.0 Å². The molecule has 4 heteroatoms. The van der Waals surface area contributed by atoms with E-state index >= 15 is 0 Å². The first-order chi connectivity index (χ1) is 28.2. The minimum Gasteiger partial charge on any atom is -0.309 e. The van der Waals surface area contributed by atoms with Gasteiger partial charge >= 0.3 is 0 Å². The summed E-state index contributed by atoms with van der Waals surface area (Å²) >= 11 is 0. The molecule has 1 heterocycles. The number of anilines is 3. The van der Waals surface area contributed by atoms with Crippen molar-refractivity contribution in [2.45, 2.75) is 0 Å². The van der Waals surface area contributed by atoms with E-state index in [2.05, 4.69) is 138 Å². The number of aromatic nitrogens is 3. The third kappa shape index (κ3) is 4.98. The average molecular weight is 725 g/mol. The molecule has 0 spiro atoms. The number of nitrogens with zero attached hydrogens (tertiary/aromatic N) is 4. The Morgan fingerprint density at radius 1 is 0.263 bits per heavy atom.